The quantitative estimate of drug-likeness (QED) is 0.596. The molecule has 1 heterocycles. The molecule has 0 unspecified atom stereocenters. The number of amides is 1. The Bertz CT molecular complexity index is 879. The molecule has 0 aliphatic rings. The lowest BCUT2D eigenvalue weighted by atomic mass is 10.2. The van der Waals surface area contributed by atoms with E-state index in [2.05, 4.69) is 15.5 Å². The summed E-state index contributed by atoms with van der Waals surface area (Å²) in [6.07, 6.45) is 0. The Balaban J connectivity index is 1.47. The largest absolute Gasteiger partial charge is 0.497 e. The summed E-state index contributed by atoms with van der Waals surface area (Å²) >= 11 is 1.20. The molecule has 1 amide bonds. The van der Waals surface area contributed by atoms with Crippen LogP contribution in [0.25, 0.3) is 11.5 Å². The fourth-order valence-electron chi connectivity index (χ4n) is 2.24. The number of hydrogen-bond acceptors (Lipinski definition) is 7. The lowest BCUT2D eigenvalue weighted by molar-refractivity contribution is -0.118. The molecule has 0 radical (unpaired) electrons. The maximum absolute atomic E-state index is 12.0. The summed E-state index contributed by atoms with van der Waals surface area (Å²) in [4.78, 5) is 12.0. The smallest absolute Gasteiger partial charge is 0.277 e. The number of ether oxygens (including phenoxy) is 2. The summed E-state index contributed by atoms with van der Waals surface area (Å²) in [5.41, 5.74) is 1.79. The fraction of sp³-hybridized carbons (Fsp3) is 0.211. The molecule has 0 spiro atoms. The zero-order valence-electron chi connectivity index (χ0n) is 15.0. The zero-order chi connectivity index (χ0) is 19.1. The molecule has 0 saturated carbocycles. The van der Waals surface area contributed by atoms with Gasteiger partial charge in [0.2, 0.25) is 11.8 Å². The minimum absolute atomic E-state index is 0.111. The summed E-state index contributed by atoms with van der Waals surface area (Å²) in [7, 11) is 3.22. The fourth-order valence-corrected chi connectivity index (χ4v) is 2.83. The van der Waals surface area contributed by atoms with Crippen LogP contribution in [0.4, 0.5) is 0 Å². The third-order valence-corrected chi connectivity index (χ3v) is 4.54. The molecule has 27 heavy (non-hydrogen) atoms. The van der Waals surface area contributed by atoms with Crippen LogP contribution in [0.2, 0.25) is 0 Å². The van der Waals surface area contributed by atoms with Crippen molar-refractivity contribution in [2.75, 3.05) is 20.0 Å². The van der Waals surface area contributed by atoms with Crippen LogP contribution >= 0.6 is 11.8 Å². The van der Waals surface area contributed by atoms with Crippen molar-refractivity contribution in [2.24, 2.45) is 0 Å². The van der Waals surface area contributed by atoms with Gasteiger partial charge in [0, 0.05) is 12.1 Å². The van der Waals surface area contributed by atoms with Crippen molar-refractivity contribution in [3.05, 3.63) is 54.1 Å². The van der Waals surface area contributed by atoms with Gasteiger partial charge >= 0.3 is 0 Å². The second-order valence-corrected chi connectivity index (χ2v) is 6.44. The predicted octanol–water partition coefficient (Wildman–Crippen LogP) is 3.16. The van der Waals surface area contributed by atoms with E-state index in [1.54, 1.807) is 14.2 Å². The number of hydrogen-bond donors (Lipinski definition) is 1. The molecule has 1 N–H and O–H groups in total. The molecule has 2 aromatic carbocycles. The summed E-state index contributed by atoms with van der Waals surface area (Å²) in [5.74, 6) is 2.02. The van der Waals surface area contributed by atoms with Crippen LogP contribution in [0, 0.1) is 0 Å². The van der Waals surface area contributed by atoms with E-state index in [0.717, 1.165) is 22.6 Å². The summed E-state index contributed by atoms with van der Waals surface area (Å²) in [6, 6.07) is 14.8. The van der Waals surface area contributed by atoms with Crippen LogP contribution in [-0.2, 0) is 11.3 Å². The lowest BCUT2D eigenvalue weighted by Crippen LogP contribution is -2.24. The van der Waals surface area contributed by atoms with Gasteiger partial charge in [-0.05, 0) is 42.0 Å². The summed E-state index contributed by atoms with van der Waals surface area (Å²) < 4.78 is 15.8. The maximum atomic E-state index is 12.0. The highest BCUT2D eigenvalue weighted by Crippen LogP contribution is 2.24. The SMILES string of the molecule is COc1ccc(CNC(=O)CSc2nnc(-c3ccc(OC)cc3)o2)cc1. The van der Waals surface area contributed by atoms with Crippen LogP contribution in [0.3, 0.4) is 0 Å². The van der Waals surface area contributed by atoms with Crippen molar-refractivity contribution in [1.29, 1.82) is 0 Å². The highest BCUT2D eigenvalue weighted by Gasteiger charge is 2.11. The van der Waals surface area contributed by atoms with Gasteiger partial charge in [0.05, 0.1) is 20.0 Å². The molecule has 140 valence electrons. The second kappa shape index (κ2) is 9.09. The minimum Gasteiger partial charge on any atom is -0.497 e. The predicted molar refractivity (Wildman–Crippen MR) is 102 cm³/mol. The van der Waals surface area contributed by atoms with Crippen molar-refractivity contribution < 1.29 is 18.7 Å². The standard InChI is InChI=1S/C19H19N3O4S/c1-24-15-7-3-13(4-8-15)11-20-17(23)12-27-19-22-21-18(26-19)14-5-9-16(25-2)10-6-14/h3-10H,11-12H2,1-2H3,(H,20,23). The van der Waals surface area contributed by atoms with Gasteiger partial charge in [0.1, 0.15) is 11.5 Å². The van der Waals surface area contributed by atoms with Crippen molar-refractivity contribution in [2.45, 2.75) is 11.8 Å². The van der Waals surface area contributed by atoms with Crippen molar-refractivity contribution in [3.63, 3.8) is 0 Å². The number of carbonyl (C=O) groups excluding carboxylic acids is 1. The Labute approximate surface area is 161 Å². The molecule has 0 aliphatic carbocycles. The van der Waals surface area contributed by atoms with Crippen LogP contribution in [0.5, 0.6) is 11.5 Å². The van der Waals surface area contributed by atoms with Gasteiger partial charge in [-0.2, -0.15) is 0 Å². The molecule has 0 atom stereocenters. The molecule has 3 rings (SSSR count). The first kappa shape index (κ1) is 18.8. The van der Waals surface area contributed by atoms with E-state index in [0.29, 0.717) is 17.7 Å². The van der Waals surface area contributed by atoms with Gasteiger partial charge in [-0.15, -0.1) is 10.2 Å². The van der Waals surface area contributed by atoms with Gasteiger partial charge in [0.15, 0.2) is 0 Å². The van der Waals surface area contributed by atoms with E-state index in [1.807, 2.05) is 48.5 Å². The first-order chi connectivity index (χ1) is 13.2. The van der Waals surface area contributed by atoms with Gasteiger partial charge < -0.3 is 19.2 Å². The molecule has 0 fully saturated rings. The average Bonchev–Trinajstić information content (AvgIpc) is 3.20. The zero-order valence-corrected chi connectivity index (χ0v) is 15.8. The molecule has 3 aromatic rings. The topological polar surface area (TPSA) is 86.5 Å². The molecule has 8 heteroatoms. The number of carbonyl (C=O) groups is 1. The molecule has 1 aromatic heterocycles. The number of rotatable bonds is 8. The highest BCUT2D eigenvalue weighted by molar-refractivity contribution is 7.99. The van der Waals surface area contributed by atoms with Crippen LogP contribution in [0.15, 0.2) is 58.2 Å². The number of aromatic nitrogens is 2. The molecular weight excluding hydrogens is 366 g/mol. The van der Waals surface area contributed by atoms with E-state index in [4.69, 9.17) is 13.9 Å². The van der Waals surface area contributed by atoms with E-state index in [-0.39, 0.29) is 11.7 Å². The number of nitrogens with one attached hydrogen (secondary N) is 1. The van der Waals surface area contributed by atoms with Crippen LogP contribution in [0.1, 0.15) is 5.56 Å². The number of benzene rings is 2. The first-order valence-corrected chi connectivity index (χ1v) is 9.17. The molecule has 7 nitrogen and oxygen atoms in total. The number of nitrogens with zero attached hydrogens (tertiary/aromatic N) is 2. The Morgan fingerprint density at radius 1 is 1.00 bits per heavy atom. The second-order valence-electron chi connectivity index (χ2n) is 5.52. The average molecular weight is 385 g/mol. The van der Waals surface area contributed by atoms with Gasteiger partial charge in [0.25, 0.3) is 5.22 Å². The first-order valence-electron chi connectivity index (χ1n) is 8.18. The van der Waals surface area contributed by atoms with Crippen molar-refractivity contribution in [1.82, 2.24) is 15.5 Å². The van der Waals surface area contributed by atoms with Crippen molar-refractivity contribution >= 4 is 17.7 Å². The third kappa shape index (κ3) is 5.24. The molecular formula is C19H19N3O4S. The van der Waals surface area contributed by atoms with Gasteiger partial charge in [-0.25, -0.2) is 0 Å². The Morgan fingerprint density at radius 2 is 1.63 bits per heavy atom. The Hall–Kier alpha value is -3.00. The van der Waals surface area contributed by atoms with Gasteiger partial charge in [-0.3, -0.25) is 4.79 Å². The van der Waals surface area contributed by atoms with E-state index in [9.17, 15) is 4.79 Å². The number of thioether (sulfide) groups is 1. The highest BCUT2D eigenvalue weighted by atomic mass is 32.2. The van der Waals surface area contributed by atoms with Crippen molar-refractivity contribution in [3.8, 4) is 23.0 Å². The lowest BCUT2D eigenvalue weighted by Gasteiger charge is -2.05. The molecule has 0 saturated heterocycles. The van der Waals surface area contributed by atoms with Crippen LogP contribution in [-0.4, -0.2) is 36.1 Å². The summed E-state index contributed by atoms with van der Waals surface area (Å²) in [5, 5.41) is 11.2. The molecule has 0 bridgehead atoms. The van der Waals surface area contributed by atoms with E-state index in [1.165, 1.54) is 11.8 Å². The Kier molecular flexibility index (Phi) is 6.32. The molecule has 0 aliphatic heterocycles. The number of methoxy groups -OCH3 is 2. The maximum Gasteiger partial charge on any atom is 0.277 e. The van der Waals surface area contributed by atoms with Gasteiger partial charge in [-0.1, -0.05) is 23.9 Å². The van der Waals surface area contributed by atoms with E-state index < -0.39 is 0 Å². The Morgan fingerprint density at radius 3 is 2.26 bits per heavy atom. The van der Waals surface area contributed by atoms with Crippen LogP contribution < -0.4 is 14.8 Å². The normalized spacial score (nSPS) is 10.4. The third-order valence-electron chi connectivity index (χ3n) is 3.72. The monoisotopic (exact) mass is 385 g/mol. The summed E-state index contributed by atoms with van der Waals surface area (Å²) in [6.45, 7) is 0.449. The van der Waals surface area contributed by atoms with E-state index >= 15 is 0 Å². The minimum atomic E-state index is -0.111.